The fraction of sp³-hybridized carbons (Fsp3) is 0.463. The standard InChI is InChI=1S/C20H35.3C7H7.Hf/c1-6-11-17-16-20(14-9-4,15-10-5)19(13-8-3)18(17)12-7-2;3*1-7-5-3-2-4-6-7;/h6-15H2,1-5H3;3*2-6H,1H2;. The molecule has 0 saturated heterocycles. The summed E-state index contributed by atoms with van der Waals surface area (Å²) in [7, 11) is 0. The topological polar surface area (TPSA) is 0 Å². The summed E-state index contributed by atoms with van der Waals surface area (Å²) >= 11 is -3.51. The number of rotatable bonds is 17. The van der Waals surface area contributed by atoms with Crippen LogP contribution in [0.5, 0.6) is 0 Å². The fourth-order valence-corrected chi connectivity index (χ4v) is 31.1. The van der Waals surface area contributed by atoms with Crippen LogP contribution in [0, 0.1) is 5.41 Å². The molecule has 0 unspecified atom stereocenters. The molecule has 4 rings (SSSR count). The summed E-state index contributed by atoms with van der Waals surface area (Å²) in [6, 6.07) is 34.9. The quantitative estimate of drug-likeness (QED) is 0.122. The number of allylic oxidation sites excluding steroid dienone is 4. The Kier molecular flexibility index (Phi) is 12.7. The molecule has 42 heavy (non-hydrogen) atoms. The zero-order chi connectivity index (χ0) is 29.8. The molecule has 224 valence electrons. The van der Waals surface area contributed by atoms with Crippen LogP contribution in [0.4, 0.5) is 0 Å². The van der Waals surface area contributed by atoms with Crippen LogP contribution in [0.1, 0.15) is 116 Å². The first-order valence-corrected chi connectivity index (χ1v) is 26.6. The van der Waals surface area contributed by atoms with Crippen LogP contribution in [0.25, 0.3) is 0 Å². The van der Waals surface area contributed by atoms with Crippen molar-refractivity contribution in [3.63, 3.8) is 0 Å². The van der Waals surface area contributed by atoms with Gasteiger partial charge in [0.1, 0.15) is 0 Å². The molecule has 0 heterocycles. The molecule has 3 aromatic carbocycles. The van der Waals surface area contributed by atoms with Crippen molar-refractivity contribution in [2.75, 3.05) is 0 Å². The summed E-state index contributed by atoms with van der Waals surface area (Å²) in [5.41, 5.74) is 10.5. The van der Waals surface area contributed by atoms with Gasteiger partial charge < -0.3 is 0 Å². The summed E-state index contributed by atoms with van der Waals surface area (Å²) < 4.78 is 5.96. The number of hydrogen-bond donors (Lipinski definition) is 0. The zero-order valence-electron chi connectivity index (χ0n) is 27.4. The zero-order valence-corrected chi connectivity index (χ0v) is 30.9. The van der Waals surface area contributed by atoms with E-state index in [2.05, 4.69) is 129 Å². The van der Waals surface area contributed by atoms with Gasteiger partial charge in [0.25, 0.3) is 0 Å². The third kappa shape index (κ3) is 7.38. The van der Waals surface area contributed by atoms with Gasteiger partial charge in [0.15, 0.2) is 0 Å². The van der Waals surface area contributed by atoms with Crippen LogP contribution >= 0.6 is 0 Å². The van der Waals surface area contributed by atoms with E-state index in [4.69, 9.17) is 0 Å². The van der Waals surface area contributed by atoms with Gasteiger partial charge >= 0.3 is 264 Å². The Hall–Kier alpha value is -1.99. The van der Waals surface area contributed by atoms with Crippen LogP contribution in [0.15, 0.2) is 111 Å². The van der Waals surface area contributed by atoms with Gasteiger partial charge in [0.2, 0.25) is 0 Å². The molecule has 0 aromatic heterocycles. The molecular formula is C41H56Hf. The van der Waals surface area contributed by atoms with Crippen LogP contribution in [0.3, 0.4) is 0 Å². The molecule has 3 aromatic rings. The molecule has 1 aliphatic carbocycles. The van der Waals surface area contributed by atoms with Crippen molar-refractivity contribution in [2.24, 2.45) is 5.41 Å². The van der Waals surface area contributed by atoms with Crippen molar-refractivity contribution in [3.8, 4) is 0 Å². The van der Waals surface area contributed by atoms with Gasteiger partial charge in [-0.15, -0.1) is 0 Å². The van der Waals surface area contributed by atoms with Crippen molar-refractivity contribution in [1.82, 2.24) is 0 Å². The van der Waals surface area contributed by atoms with Crippen molar-refractivity contribution < 1.29 is 20.0 Å². The Morgan fingerprint density at radius 3 is 1.19 bits per heavy atom. The maximum atomic E-state index is 2.46. The molecule has 0 fully saturated rings. The van der Waals surface area contributed by atoms with E-state index >= 15 is 0 Å². The maximum absolute atomic E-state index is 3.51. The van der Waals surface area contributed by atoms with Crippen LogP contribution in [-0.4, -0.2) is 0 Å². The Balaban J connectivity index is 2.11. The van der Waals surface area contributed by atoms with E-state index in [1.165, 1.54) is 76.7 Å². The fourth-order valence-electron chi connectivity index (χ4n) is 8.55. The Morgan fingerprint density at radius 1 is 0.452 bits per heavy atom. The van der Waals surface area contributed by atoms with Crippen molar-refractivity contribution in [3.05, 3.63) is 128 Å². The molecule has 0 saturated carbocycles. The van der Waals surface area contributed by atoms with Gasteiger partial charge in [0, 0.05) is 0 Å². The molecule has 0 amide bonds. The van der Waals surface area contributed by atoms with Crippen molar-refractivity contribution in [2.45, 2.75) is 111 Å². The molecule has 0 spiro atoms. The molecule has 0 radical (unpaired) electrons. The van der Waals surface area contributed by atoms with Gasteiger partial charge in [0.05, 0.1) is 0 Å². The molecule has 0 N–H and O–H groups in total. The van der Waals surface area contributed by atoms with Crippen molar-refractivity contribution in [1.29, 1.82) is 0 Å². The second-order valence-electron chi connectivity index (χ2n) is 12.9. The monoisotopic (exact) mass is 728 g/mol. The summed E-state index contributed by atoms with van der Waals surface area (Å²) in [5.74, 6) is 0. The Bertz CT molecular complexity index is 1180. The first kappa shape index (κ1) is 32.9. The van der Waals surface area contributed by atoms with Gasteiger partial charge in [-0.3, -0.25) is 0 Å². The predicted molar refractivity (Wildman–Crippen MR) is 181 cm³/mol. The third-order valence-corrected chi connectivity index (χ3v) is 27.9. The SMILES string of the molecule is CCCC1=C(CCC)C(CCC)(CCC)[C]([Hf]([CH2]c2ccccc2)([CH2]c2ccccc2)[CH2]c2ccccc2)=C1CCC. The van der Waals surface area contributed by atoms with E-state index in [-0.39, 0.29) is 5.41 Å². The molecule has 0 atom stereocenters. The summed E-state index contributed by atoms with van der Waals surface area (Å²) in [6.07, 6.45) is 12.7. The van der Waals surface area contributed by atoms with Crippen molar-refractivity contribution >= 4 is 0 Å². The van der Waals surface area contributed by atoms with E-state index in [0.717, 1.165) is 0 Å². The average Bonchev–Trinajstić information content (AvgIpc) is 3.24. The summed E-state index contributed by atoms with van der Waals surface area (Å²) in [5, 5.41) is 0. The van der Waals surface area contributed by atoms with E-state index in [9.17, 15) is 0 Å². The molecule has 0 aliphatic heterocycles. The van der Waals surface area contributed by atoms with Gasteiger partial charge in [-0.05, 0) is 0 Å². The van der Waals surface area contributed by atoms with Crippen LogP contribution in [-0.2, 0) is 32.5 Å². The second-order valence-corrected chi connectivity index (χ2v) is 27.7. The van der Waals surface area contributed by atoms with Gasteiger partial charge in [-0.2, -0.15) is 0 Å². The molecule has 1 heteroatoms. The molecular weight excluding hydrogens is 671 g/mol. The molecule has 0 nitrogen and oxygen atoms in total. The number of hydrogen-bond acceptors (Lipinski definition) is 0. The second kappa shape index (κ2) is 16.2. The first-order chi connectivity index (χ1) is 20.6. The molecule has 1 aliphatic rings. The predicted octanol–water partition coefficient (Wildman–Crippen LogP) is 12.3. The van der Waals surface area contributed by atoms with E-state index in [0.29, 0.717) is 0 Å². The van der Waals surface area contributed by atoms with Crippen LogP contribution < -0.4 is 0 Å². The van der Waals surface area contributed by atoms with E-state index in [1.807, 2.05) is 16.7 Å². The normalized spacial score (nSPS) is 15.1. The Morgan fingerprint density at radius 2 is 0.833 bits per heavy atom. The van der Waals surface area contributed by atoms with Gasteiger partial charge in [-0.1, -0.05) is 0 Å². The summed E-state index contributed by atoms with van der Waals surface area (Å²) in [6.45, 7) is 12.2. The first-order valence-electron chi connectivity index (χ1n) is 17.2. The summed E-state index contributed by atoms with van der Waals surface area (Å²) in [4.78, 5) is 0. The average molecular weight is 727 g/mol. The van der Waals surface area contributed by atoms with Gasteiger partial charge in [-0.25, -0.2) is 0 Å². The Labute approximate surface area is 263 Å². The number of benzene rings is 3. The minimum absolute atomic E-state index is 0.258. The minimum atomic E-state index is -3.51. The van der Waals surface area contributed by atoms with E-state index < -0.39 is 20.0 Å². The third-order valence-electron chi connectivity index (χ3n) is 9.63. The van der Waals surface area contributed by atoms with E-state index in [1.54, 1.807) is 16.7 Å². The molecule has 0 bridgehead atoms. The van der Waals surface area contributed by atoms with Crippen LogP contribution in [0.2, 0.25) is 0 Å².